The summed E-state index contributed by atoms with van der Waals surface area (Å²) in [5.74, 6) is 0.289. The summed E-state index contributed by atoms with van der Waals surface area (Å²) in [6.45, 7) is 11.2. The Morgan fingerprint density at radius 3 is 1.76 bits per heavy atom. The highest BCUT2D eigenvalue weighted by molar-refractivity contribution is 5.69. The third-order valence-corrected chi connectivity index (χ3v) is 6.82. The van der Waals surface area contributed by atoms with E-state index in [-0.39, 0.29) is 11.4 Å². The second-order valence-electron chi connectivity index (χ2n) is 11.1. The van der Waals surface area contributed by atoms with E-state index >= 15 is 0 Å². The van der Waals surface area contributed by atoms with Crippen molar-refractivity contribution in [3.05, 3.63) is 28.8 Å². The predicted molar refractivity (Wildman–Crippen MR) is 146 cm³/mol. The first kappa shape index (κ1) is 30.5. The van der Waals surface area contributed by atoms with Crippen LogP contribution in [-0.2, 0) is 27.8 Å². The van der Waals surface area contributed by atoms with Gasteiger partial charge in [0.1, 0.15) is 5.75 Å². The molecule has 196 valence electrons. The summed E-state index contributed by atoms with van der Waals surface area (Å²) >= 11 is 0. The number of hydrogen-bond acceptors (Lipinski definition) is 3. The zero-order valence-corrected chi connectivity index (χ0v) is 23.1. The molecule has 34 heavy (non-hydrogen) atoms. The first-order valence-corrected chi connectivity index (χ1v) is 14.3. The molecule has 1 aromatic carbocycles. The Labute approximate surface area is 211 Å². The van der Waals surface area contributed by atoms with Crippen LogP contribution in [0.25, 0.3) is 0 Å². The third kappa shape index (κ3) is 13.4. The van der Waals surface area contributed by atoms with Crippen molar-refractivity contribution in [3.63, 3.8) is 0 Å². The summed E-state index contributed by atoms with van der Waals surface area (Å²) in [5, 5.41) is 10.5. The van der Waals surface area contributed by atoms with Crippen molar-refractivity contribution >= 4 is 5.97 Å². The Bertz CT molecular complexity index is 672. The zero-order chi connectivity index (χ0) is 25.2. The number of ether oxygens (including phenoxy) is 1. The van der Waals surface area contributed by atoms with Gasteiger partial charge in [-0.1, -0.05) is 130 Å². The van der Waals surface area contributed by atoms with Gasteiger partial charge >= 0.3 is 5.97 Å². The van der Waals surface area contributed by atoms with Crippen LogP contribution in [0.5, 0.6) is 5.75 Å². The van der Waals surface area contributed by atoms with E-state index in [1.165, 1.54) is 77.0 Å². The molecule has 0 amide bonds. The Kier molecular flexibility index (Phi) is 16.0. The number of phenolic OH excluding ortho intramolecular Hbond substituents is 1. The van der Waals surface area contributed by atoms with Crippen LogP contribution in [0.4, 0.5) is 0 Å². The van der Waals surface area contributed by atoms with E-state index in [4.69, 9.17) is 4.74 Å². The van der Waals surface area contributed by atoms with Gasteiger partial charge < -0.3 is 9.84 Å². The topological polar surface area (TPSA) is 46.5 Å². The Balaban J connectivity index is 2.09. The van der Waals surface area contributed by atoms with E-state index in [0.29, 0.717) is 25.2 Å². The van der Waals surface area contributed by atoms with Crippen molar-refractivity contribution in [2.45, 2.75) is 149 Å². The van der Waals surface area contributed by atoms with Crippen LogP contribution in [0.3, 0.4) is 0 Å². The Hall–Kier alpha value is -1.51. The van der Waals surface area contributed by atoms with Crippen LogP contribution < -0.4 is 0 Å². The van der Waals surface area contributed by atoms with Gasteiger partial charge in [-0.3, -0.25) is 4.79 Å². The quantitative estimate of drug-likeness (QED) is 0.160. The molecule has 1 rings (SSSR count). The molecule has 0 heterocycles. The minimum Gasteiger partial charge on any atom is -0.507 e. The Morgan fingerprint density at radius 1 is 0.794 bits per heavy atom. The van der Waals surface area contributed by atoms with E-state index in [0.717, 1.165) is 36.0 Å². The first-order valence-electron chi connectivity index (χ1n) is 14.3. The minimum atomic E-state index is -0.127. The van der Waals surface area contributed by atoms with Crippen molar-refractivity contribution < 1.29 is 14.6 Å². The zero-order valence-electron chi connectivity index (χ0n) is 23.1. The third-order valence-electron chi connectivity index (χ3n) is 6.82. The van der Waals surface area contributed by atoms with Crippen LogP contribution in [0.15, 0.2) is 12.1 Å². The molecule has 0 radical (unpaired) electrons. The van der Waals surface area contributed by atoms with Crippen molar-refractivity contribution in [1.29, 1.82) is 0 Å². The molecule has 3 nitrogen and oxygen atoms in total. The summed E-state index contributed by atoms with van der Waals surface area (Å²) in [4.78, 5) is 12.2. The molecule has 1 aromatic rings. The molecular weight excluding hydrogens is 420 g/mol. The largest absolute Gasteiger partial charge is 0.507 e. The maximum atomic E-state index is 12.2. The summed E-state index contributed by atoms with van der Waals surface area (Å²) in [6, 6.07) is 4.08. The fourth-order valence-corrected chi connectivity index (χ4v) is 4.55. The number of aromatic hydroxyl groups is 1. The standard InChI is InChI=1S/C31H54O3/c1-6-8-9-10-11-12-13-14-15-16-17-18-19-20-23-34-29(32)22-21-26-24-27(7-2)30(33)28(25-26)31(3,4)5/h24-25,33H,6-23H2,1-5H3. The lowest BCUT2D eigenvalue weighted by atomic mass is 9.83. The predicted octanol–water partition coefficient (Wildman–Crippen LogP) is 9.21. The molecule has 0 aliphatic heterocycles. The van der Waals surface area contributed by atoms with Gasteiger partial charge in [0.25, 0.3) is 0 Å². The van der Waals surface area contributed by atoms with Crippen LogP contribution in [-0.4, -0.2) is 17.7 Å². The molecule has 0 spiro atoms. The summed E-state index contributed by atoms with van der Waals surface area (Å²) in [5.41, 5.74) is 2.89. The molecular formula is C31H54O3. The monoisotopic (exact) mass is 474 g/mol. The van der Waals surface area contributed by atoms with Gasteiger partial charge in [0, 0.05) is 6.42 Å². The van der Waals surface area contributed by atoms with Gasteiger partial charge in [0.05, 0.1) is 6.61 Å². The fraction of sp³-hybridized carbons (Fsp3) is 0.774. The lowest BCUT2D eigenvalue weighted by Gasteiger charge is -2.23. The van der Waals surface area contributed by atoms with Crippen molar-refractivity contribution in [2.75, 3.05) is 6.61 Å². The van der Waals surface area contributed by atoms with Gasteiger partial charge in [-0.25, -0.2) is 0 Å². The van der Waals surface area contributed by atoms with Crippen LogP contribution in [0.2, 0.25) is 0 Å². The van der Waals surface area contributed by atoms with Gasteiger partial charge in [-0.15, -0.1) is 0 Å². The average Bonchev–Trinajstić information content (AvgIpc) is 2.80. The highest BCUT2D eigenvalue weighted by Gasteiger charge is 2.21. The maximum Gasteiger partial charge on any atom is 0.306 e. The molecule has 1 N–H and O–H groups in total. The van der Waals surface area contributed by atoms with E-state index in [9.17, 15) is 9.90 Å². The van der Waals surface area contributed by atoms with E-state index in [1.807, 2.05) is 6.07 Å². The van der Waals surface area contributed by atoms with Gasteiger partial charge in [-0.2, -0.15) is 0 Å². The van der Waals surface area contributed by atoms with Crippen LogP contribution >= 0.6 is 0 Å². The number of hydrogen-bond donors (Lipinski definition) is 1. The molecule has 3 heteroatoms. The fourth-order valence-electron chi connectivity index (χ4n) is 4.55. The smallest absolute Gasteiger partial charge is 0.306 e. The maximum absolute atomic E-state index is 12.2. The number of aryl methyl sites for hydroxylation is 2. The highest BCUT2D eigenvalue weighted by atomic mass is 16.5. The number of benzene rings is 1. The molecule has 0 saturated carbocycles. The SMILES string of the molecule is CCCCCCCCCCCCCCCCOC(=O)CCc1cc(CC)c(O)c(C(C)(C)C)c1. The average molecular weight is 475 g/mol. The molecule has 0 saturated heterocycles. The normalized spacial score (nSPS) is 11.7. The van der Waals surface area contributed by atoms with Crippen molar-refractivity contribution in [1.82, 2.24) is 0 Å². The number of unbranched alkanes of at least 4 members (excludes halogenated alkanes) is 13. The van der Waals surface area contributed by atoms with Gasteiger partial charge in [0.2, 0.25) is 0 Å². The summed E-state index contributed by atoms with van der Waals surface area (Å²) in [7, 11) is 0. The number of rotatable bonds is 19. The van der Waals surface area contributed by atoms with E-state index in [1.54, 1.807) is 0 Å². The number of carbonyl (C=O) groups excluding carboxylic acids is 1. The number of carbonyl (C=O) groups is 1. The molecule has 0 fully saturated rings. The van der Waals surface area contributed by atoms with Crippen LogP contribution in [0, 0.1) is 0 Å². The second kappa shape index (κ2) is 17.9. The molecule has 0 atom stereocenters. The van der Waals surface area contributed by atoms with Crippen molar-refractivity contribution in [3.8, 4) is 5.75 Å². The first-order chi connectivity index (χ1) is 16.3. The lowest BCUT2D eigenvalue weighted by molar-refractivity contribution is -0.143. The molecule has 0 unspecified atom stereocenters. The molecule has 0 aromatic heterocycles. The summed E-state index contributed by atoms with van der Waals surface area (Å²) in [6.07, 6.45) is 20.5. The van der Waals surface area contributed by atoms with Gasteiger partial charge in [-0.05, 0) is 41.4 Å². The summed E-state index contributed by atoms with van der Waals surface area (Å²) < 4.78 is 5.46. The minimum absolute atomic E-state index is 0.113. The van der Waals surface area contributed by atoms with Crippen LogP contribution in [0.1, 0.15) is 148 Å². The van der Waals surface area contributed by atoms with Crippen molar-refractivity contribution in [2.24, 2.45) is 0 Å². The number of phenols is 1. The molecule has 0 aliphatic rings. The second-order valence-corrected chi connectivity index (χ2v) is 11.1. The molecule has 0 aliphatic carbocycles. The van der Waals surface area contributed by atoms with Gasteiger partial charge in [0.15, 0.2) is 0 Å². The lowest BCUT2D eigenvalue weighted by Crippen LogP contribution is -2.13. The highest BCUT2D eigenvalue weighted by Crippen LogP contribution is 2.35. The number of esters is 1. The van der Waals surface area contributed by atoms with E-state index in [2.05, 4.69) is 40.7 Å². The Morgan fingerprint density at radius 2 is 1.29 bits per heavy atom. The molecule has 0 bridgehead atoms. The van der Waals surface area contributed by atoms with E-state index < -0.39 is 0 Å².